The fraction of sp³-hybridized carbons (Fsp3) is 0.261. The smallest absolute Gasteiger partial charge is 0.284 e. The van der Waals surface area contributed by atoms with Gasteiger partial charge >= 0.3 is 0 Å². The van der Waals surface area contributed by atoms with Gasteiger partial charge in [-0.15, -0.1) is 11.3 Å². The molecule has 1 aromatic heterocycles. The maximum absolute atomic E-state index is 12.7. The van der Waals surface area contributed by atoms with Crippen LogP contribution in [-0.2, 0) is 13.0 Å². The number of para-hydroxylation sites is 2. The summed E-state index contributed by atoms with van der Waals surface area (Å²) in [4.78, 5) is 27.4. The minimum atomic E-state index is -0.227. The number of benzene rings is 2. The molecule has 0 radical (unpaired) electrons. The van der Waals surface area contributed by atoms with Gasteiger partial charge in [0.2, 0.25) is 0 Å². The molecular weight excluding hydrogens is 408 g/mol. The van der Waals surface area contributed by atoms with E-state index < -0.39 is 0 Å². The van der Waals surface area contributed by atoms with Crippen LogP contribution in [0.25, 0.3) is 0 Å². The van der Waals surface area contributed by atoms with Gasteiger partial charge in [0.15, 0.2) is 5.01 Å². The fourth-order valence-corrected chi connectivity index (χ4v) is 4.46. The van der Waals surface area contributed by atoms with Crippen LogP contribution in [0.2, 0.25) is 0 Å². The highest BCUT2D eigenvalue weighted by Crippen LogP contribution is 2.27. The molecule has 1 aliphatic heterocycles. The van der Waals surface area contributed by atoms with E-state index in [1.807, 2.05) is 45.3 Å². The Morgan fingerprint density at radius 1 is 1.19 bits per heavy atom. The zero-order valence-electron chi connectivity index (χ0n) is 17.9. The molecule has 7 nitrogen and oxygen atoms in total. The van der Waals surface area contributed by atoms with Gasteiger partial charge in [-0.2, -0.15) is 0 Å². The summed E-state index contributed by atoms with van der Waals surface area (Å²) in [6, 6.07) is 15.4. The second kappa shape index (κ2) is 8.77. The van der Waals surface area contributed by atoms with Crippen molar-refractivity contribution in [2.24, 2.45) is 4.99 Å². The fourth-order valence-electron chi connectivity index (χ4n) is 3.44. The molecule has 0 aliphatic carbocycles. The normalized spacial score (nSPS) is 13.6. The molecule has 0 atom stereocenters. The Kier molecular flexibility index (Phi) is 5.90. The number of aliphatic imine (C=N–C) groups is 1. The number of hydrogen-bond acceptors (Lipinski definition) is 6. The average Bonchev–Trinajstić information content (AvgIpc) is 3.19. The lowest BCUT2D eigenvalue weighted by molar-refractivity contribution is 0.102. The predicted molar refractivity (Wildman–Crippen MR) is 129 cm³/mol. The number of aromatic nitrogens is 1. The summed E-state index contributed by atoms with van der Waals surface area (Å²) < 4.78 is 0. The summed E-state index contributed by atoms with van der Waals surface area (Å²) in [5.41, 5.74) is 10.1. The van der Waals surface area contributed by atoms with E-state index in [1.54, 1.807) is 12.1 Å². The third kappa shape index (κ3) is 4.69. The Balaban J connectivity index is 1.45. The molecule has 0 unspecified atom stereocenters. The highest BCUT2D eigenvalue weighted by Gasteiger charge is 2.24. The van der Waals surface area contributed by atoms with Gasteiger partial charge in [0, 0.05) is 37.6 Å². The summed E-state index contributed by atoms with van der Waals surface area (Å²) in [6.07, 6.45) is 0.791. The van der Waals surface area contributed by atoms with Gasteiger partial charge in [-0.3, -0.25) is 4.79 Å². The Bertz CT molecular complexity index is 1120. The van der Waals surface area contributed by atoms with Gasteiger partial charge in [-0.25, -0.2) is 9.98 Å². The number of hydrogen-bond donors (Lipinski definition) is 2. The zero-order chi connectivity index (χ0) is 22.0. The first-order chi connectivity index (χ1) is 14.9. The van der Waals surface area contributed by atoms with Crippen molar-refractivity contribution in [1.82, 2.24) is 9.88 Å². The highest BCUT2D eigenvalue weighted by molar-refractivity contribution is 7.13. The Hall–Kier alpha value is -3.39. The number of rotatable bonds is 4. The number of nitrogens with zero attached hydrogens (tertiary/aromatic N) is 4. The van der Waals surface area contributed by atoms with Crippen molar-refractivity contribution in [1.29, 1.82) is 0 Å². The molecule has 0 fully saturated rings. The van der Waals surface area contributed by atoms with Gasteiger partial charge in [0.25, 0.3) is 5.91 Å². The average molecular weight is 435 g/mol. The SMILES string of the molecule is CC(=Nc1ccc(N(C)C)cc1)N1CCc2nc(C(=O)Nc3ccccc3N)sc2C1. The predicted octanol–water partition coefficient (Wildman–Crippen LogP) is 4.15. The third-order valence-electron chi connectivity index (χ3n) is 5.25. The van der Waals surface area contributed by atoms with Crippen LogP contribution in [-0.4, -0.2) is 42.3 Å². The highest BCUT2D eigenvalue weighted by atomic mass is 32.1. The first kappa shape index (κ1) is 20.9. The number of fused-ring (bicyclic) bond motifs is 1. The van der Waals surface area contributed by atoms with Crippen LogP contribution in [0, 0.1) is 0 Å². The molecule has 31 heavy (non-hydrogen) atoms. The maximum atomic E-state index is 12.7. The zero-order valence-corrected chi connectivity index (χ0v) is 18.7. The van der Waals surface area contributed by atoms with Gasteiger partial charge in [0.05, 0.1) is 29.3 Å². The molecule has 0 spiro atoms. The molecule has 0 saturated heterocycles. The Labute approximate surface area is 186 Å². The van der Waals surface area contributed by atoms with Crippen molar-refractivity contribution in [3.8, 4) is 0 Å². The molecule has 160 valence electrons. The topological polar surface area (TPSA) is 86.8 Å². The number of amidine groups is 1. The first-order valence-corrected chi connectivity index (χ1v) is 10.9. The molecular formula is C23H26N6OS. The number of anilines is 3. The molecule has 1 amide bonds. The lowest BCUT2D eigenvalue weighted by atomic mass is 10.2. The molecule has 3 N–H and O–H groups in total. The minimum absolute atomic E-state index is 0.227. The van der Waals surface area contributed by atoms with Crippen LogP contribution < -0.4 is 16.0 Å². The van der Waals surface area contributed by atoms with Crippen LogP contribution in [0.3, 0.4) is 0 Å². The number of carbonyl (C=O) groups excluding carboxylic acids is 1. The van der Waals surface area contributed by atoms with E-state index in [9.17, 15) is 4.79 Å². The van der Waals surface area contributed by atoms with E-state index in [0.717, 1.165) is 40.7 Å². The van der Waals surface area contributed by atoms with Gasteiger partial charge in [-0.05, 0) is 43.3 Å². The van der Waals surface area contributed by atoms with Crippen molar-refractivity contribution in [2.45, 2.75) is 19.9 Å². The quantitative estimate of drug-likeness (QED) is 0.366. The van der Waals surface area contributed by atoms with Crippen molar-refractivity contribution < 1.29 is 4.79 Å². The monoisotopic (exact) mass is 434 g/mol. The van der Waals surface area contributed by atoms with Gasteiger partial charge in [-0.1, -0.05) is 12.1 Å². The maximum Gasteiger partial charge on any atom is 0.284 e. The summed E-state index contributed by atoms with van der Waals surface area (Å²) >= 11 is 1.44. The molecule has 3 aromatic rings. The first-order valence-electron chi connectivity index (χ1n) is 10.1. The standard InChI is InChI=1S/C23H26N6OS/c1-15(25-16-8-10-17(11-9-16)28(2)3)29-13-12-20-21(14-29)31-23(27-20)22(30)26-19-7-5-4-6-18(19)24/h4-11H,12-14,24H2,1-3H3,(H,26,30). The van der Waals surface area contributed by atoms with Crippen LogP contribution in [0.5, 0.6) is 0 Å². The van der Waals surface area contributed by atoms with E-state index in [4.69, 9.17) is 10.7 Å². The largest absolute Gasteiger partial charge is 0.397 e. The number of carbonyl (C=O) groups is 1. The molecule has 1 aliphatic rings. The number of thiazole rings is 1. The number of amides is 1. The van der Waals surface area contributed by atoms with E-state index in [-0.39, 0.29) is 5.91 Å². The number of nitrogens with one attached hydrogen (secondary N) is 1. The molecule has 4 rings (SSSR count). The Morgan fingerprint density at radius 2 is 1.94 bits per heavy atom. The minimum Gasteiger partial charge on any atom is -0.397 e. The van der Waals surface area contributed by atoms with Crippen molar-refractivity contribution in [3.05, 3.63) is 64.1 Å². The molecule has 2 heterocycles. The van der Waals surface area contributed by atoms with E-state index in [1.165, 1.54) is 11.3 Å². The number of nitrogen functional groups attached to an aromatic ring is 1. The van der Waals surface area contributed by atoms with Crippen LogP contribution >= 0.6 is 11.3 Å². The third-order valence-corrected chi connectivity index (χ3v) is 6.33. The van der Waals surface area contributed by atoms with Crippen LogP contribution in [0.15, 0.2) is 53.5 Å². The summed E-state index contributed by atoms with van der Waals surface area (Å²) in [6.45, 7) is 3.56. The molecule has 0 saturated carbocycles. The second-order valence-electron chi connectivity index (χ2n) is 7.67. The summed E-state index contributed by atoms with van der Waals surface area (Å²) in [7, 11) is 4.04. The van der Waals surface area contributed by atoms with E-state index >= 15 is 0 Å². The number of nitrogens with two attached hydrogens (primary N) is 1. The van der Waals surface area contributed by atoms with Crippen molar-refractivity contribution in [2.75, 3.05) is 36.6 Å². The molecule has 2 aromatic carbocycles. The lowest BCUT2D eigenvalue weighted by Crippen LogP contribution is -2.33. The van der Waals surface area contributed by atoms with Gasteiger partial charge in [0.1, 0.15) is 5.84 Å². The Morgan fingerprint density at radius 3 is 2.65 bits per heavy atom. The van der Waals surface area contributed by atoms with Crippen molar-refractivity contribution >= 4 is 45.8 Å². The van der Waals surface area contributed by atoms with Crippen LogP contribution in [0.1, 0.15) is 27.3 Å². The summed E-state index contributed by atoms with van der Waals surface area (Å²) in [5.74, 6) is 0.731. The van der Waals surface area contributed by atoms with Crippen LogP contribution in [0.4, 0.5) is 22.7 Å². The van der Waals surface area contributed by atoms with E-state index in [0.29, 0.717) is 22.9 Å². The molecule has 0 bridgehead atoms. The lowest BCUT2D eigenvalue weighted by Gasteiger charge is -2.27. The molecule has 8 heteroatoms. The summed E-state index contributed by atoms with van der Waals surface area (Å²) in [5, 5.41) is 3.32. The van der Waals surface area contributed by atoms with Gasteiger partial charge < -0.3 is 20.9 Å². The van der Waals surface area contributed by atoms with E-state index in [2.05, 4.69) is 32.2 Å². The second-order valence-corrected chi connectivity index (χ2v) is 8.76. The van der Waals surface area contributed by atoms with Crippen molar-refractivity contribution in [3.63, 3.8) is 0 Å².